The zero-order chi connectivity index (χ0) is 22.9. The van der Waals surface area contributed by atoms with Crippen molar-refractivity contribution in [3.63, 3.8) is 0 Å². The minimum Gasteiger partial charge on any atom is -0.355 e. The van der Waals surface area contributed by atoms with E-state index in [0.29, 0.717) is 31.7 Å². The maximum atomic E-state index is 12.8. The van der Waals surface area contributed by atoms with Gasteiger partial charge in [-0.1, -0.05) is 41.9 Å². The van der Waals surface area contributed by atoms with Gasteiger partial charge in [0.1, 0.15) is 5.82 Å². The molecule has 2 aliphatic rings. The van der Waals surface area contributed by atoms with E-state index in [4.69, 9.17) is 11.6 Å². The number of amides is 2. The van der Waals surface area contributed by atoms with E-state index >= 15 is 0 Å². The van der Waals surface area contributed by atoms with Crippen molar-refractivity contribution < 1.29 is 22.8 Å². The first-order valence-corrected chi connectivity index (χ1v) is 10.7. The summed E-state index contributed by atoms with van der Waals surface area (Å²) in [4.78, 5) is 32.2. The van der Waals surface area contributed by atoms with E-state index in [1.807, 2.05) is 35.2 Å². The number of imide groups is 1. The molecular weight excluding hydrogens is 445 g/mol. The van der Waals surface area contributed by atoms with Crippen LogP contribution in [0.3, 0.4) is 0 Å². The normalized spacial score (nSPS) is 20.3. The number of likely N-dealkylation sites (tertiary alicyclic amines) is 1. The fourth-order valence-corrected chi connectivity index (χ4v) is 4.39. The molecule has 0 bridgehead atoms. The van der Waals surface area contributed by atoms with E-state index in [2.05, 4.69) is 10.3 Å². The third-order valence-electron chi connectivity index (χ3n) is 5.81. The molecule has 1 N–H and O–H groups in total. The van der Waals surface area contributed by atoms with Crippen LogP contribution in [0.4, 0.5) is 19.0 Å². The molecule has 2 fully saturated rings. The van der Waals surface area contributed by atoms with Crippen LogP contribution in [0.15, 0.2) is 42.6 Å². The lowest BCUT2D eigenvalue weighted by Gasteiger charge is -2.34. The third-order valence-corrected chi connectivity index (χ3v) is 6.09. The quantitative estimate of drug-likeness (QED) is 0.682. The smallest absolute Gasteiger partial charge is 0.355 e. The molecule has 0 aliphatic carbocycles. The second-order valence-corrected chi connectivity index (χ2v) is 8.42. The number of hydrogen-bond acceptors (Lipinski definition) is 5. The highest BCUT2D eigenvalue weighted by Crippen LogP contribution is 2.34. The van der Waals surface area contributed by atoms with Crippen molar-refractivity contribution >= 4 is 29.2 Å². The molecular formula is C22H22ClF3N4O2. The Labute approximate surface area is 188 Å². The van der Waals surface area contributed by atoms with Crippen molar-refractivity contribution in [1.82, 2.24) is 15.2 Å². The second-order valence-electron chi connectivity index (χ2n) is 8.02. The van der Waals surface area contributed by atoms with Gasteiger partial charge >= 0.3 is 6.18 Å². The van der Waals surface area contributed by atoms with Gasteiger partial charge in [-0.3, -0.25) is 14.5 Å². The van der Waals surface area contributed by atoms with Crippen LogP contribution >= 0.6 is 11.6 Å². The third kappa shape index (κ3) is 4.88. The summed E-state index contributed by atoms with van der Waals surface area (Å²) in [7, 11) is 0. The minimum absolute atomic E-state index is 0.0119. The molecule has 1 aromatic carbocycles. The summed E-state index contributed by atoms with van der Waals surface area (Å²) in [6.45, 7) is 1.31. The highest BCUT2D eigenvalue weighted by atomic mass is 35.5. The van der Waals surface area contributed by atoms with Crippen molar-refractivity contribution in [2.45, 2.75) is 44.1 Å². The average molecular weight is 467 g/mol. The summed E-state index contributed by atoms with van der Waals surface area (Å²) in [5.41, 5.74) is 0.0105. The van der Waals surface area contributed by atoms with Crippen LogP contribution in [0, 0.1) is 0 Å². The van der Waals surface area contributed by atoms with Gasteiger partial charge in [-0.25, -0.2) is 4.98 Å². The number of nitrogens with one attached hydrogen (secondary N) is 1. The molecule has 0 radical (unpaired) electrons. The predicted octanol–water partition coefficient (Wildman–Crippen LogP) is 3.64. The van der Waals surface area contributed by atoms with Gasteiger partial charge in [0.25, 0.3) is 0 Å². The molecule has 2 saturated heterocycles. The van der Waals surface area contributed by atoms with Crippen molar-refractivity contribution in [3.8, 4) is 0 Å². The van der Waals surface area contributed by atoms with Crippen molar-refractivity contribution in [2.75, 3.05) is 18.0 Å². The van der Waals surface area contributed by atoms with Crippen LogP contribution in [0.25, 0.3) is 0 Å². The van der Waals surface area contributed by atoms with E-state index in [0.717, 1.165) is 17.8 Å². The van der Waals surface area contributed by atoms with Gasteiger partial charge in [0.15, 0.2) is 0 Å². The molecule has 32 heavy (non-hydrogen) atoms. The minimum atomic E-state index is -4.49. The average Bonchev–Trinajstić information content (AvgIpc) is 3.02. The lowest BCUT2D eigenvalue weighted by molar-refractivity contribution is -0.140. The number of pyridine rings is 1. The predicted molar refractivity (Wildman–Crippen MR) is 113 cm³/mol. The van der Waals surface area contributed by atoms with Crippen LogP contribution in [-0.4, -0.2) is 46.9 Å². The standard InChI is InChI=1S/C22H22ClF3N4O2/c23-17-10-15(22(24,25)26)12-27-20(17)29-8-6-16(7-9-29)28-18-11-19(31)30(21(18)32)13-14-4-2-1-3-5-14/h1-5,10,12,16,18,28H,6-9,11,13H2. The van der Waals surface area contributed by atoms with Crippen LogP contribution < -0.4 is 10.2 Å². The first kappa shape index (κ1) is 22.5. The summed E-state index contributed by atoms with van der Waals surface area (Å²) in [6, 6.07) is 9.69. The molecule has 1 unspecified atom stereocenters. The number of piperidine rings is 1. The Balaban J connectivity index is 1.32. The van der Waals surface area contributed by atoms with Gasteiger partial charge in [-0.05, 0) is 24.5 Å². The first-order chi connectivity index (χ1) is 15.2. The summed E-state index contributed by atoms with van der Waals surface area (Å²) >= 11 is 6.05. The van der Waals surface area contributed by atoms with Gasteiger partial charge in [-0.15, -0.1) is 0 Å². The molecule has 3 heterocycles. The fraction of sp³-hybridized carbons (Fsp3) is 0.409. The molecule has 10 heteroatoms. The zero-order valence-corrected chi connectivity index (χ0v) is 17.9. The SMILES string of the molecule is O=C1CC(NC2CCN(c3ncc(C(F)(F)F)cc3Cl)CC2)C(=O)N1Cc1ccccc1. The maximum absolute atomic E-state index is 12.8. The van der Waals surface area contributed by atoms with E-state index < -0.39 is 17.8 Å². The van der Waals surface area contributed by atoms with Crippen LogP contribution in [0.1, 0.15) is 30.4 Å². The Morgan fingerprint density at radius 3 is 2.44 bits per heavy atom. The molecule has 6 nitrogen and oxygen atoms in total. The lowest BCUT2D eigenvalue weighted by atomic mass is 10.0. The monoisotopic (exact) mass is 466 g/mol. The lowest BCUT2D eigenvalue weighted by Crippen LogP contribution is -2.49. The van der Waals surface area contributed by atoms with Gasteiger partial charge in [0.2, 0.25) is 11.8 Å². The zero-order valence-electron chi connectivity index (χ0n) is 17.1. The Bertz CT molecular complexity index is 994. The van der Waals surface area contributed by atoms with Crippen LogP contribution in [-0.2, 0) is 22.3 Å². The number of rotatable bonds is 5. The summed E-state index contributed by atoms with van der Waals surface area (Å²) in [5, 5.41) is 3.25. The number of benzene rings is 1. The highest BCUT2D eigenvalue weighted by Gasteiger charge is 2.40. The molecule has 1 atom stereocenters. The first-order valence-electron chi connectivity index (χ1n) is 10.3. The highest BCUT2D eigenvalue weighted by molar-refractivity contribution is 6.33. The molecule has 2 amide bonds. The number of carbonyl (C=O) groups is 2. The van der Waals surface area contributed by atoms with E-state index in [1.54, 1.807) is 0 Å². The number of carbonyl (C=O) groups excluding carboxylic acids is 2. The second kappa shape index (κ2) is 9.07. The molecule has 2 aromatic rings. The molecule has 2 aliphatic heterocycles. The number of anilines is 1. The van der Waals surface area contributed by atoms with Crippen LogP contribution in [0.2, 0.25) is 5.02 Å². The summed E-state index contributed by atoms with van der Waals surface area (Å²) < 4.78 is 38.5. The van der Waals surface area contributed by atoms with Gasteiger partial charge < -0.3 is 10.2 Å². The van der Waals surface area contributed by atoms with Gasteiger partial charge in [0.05, 0.1) is 29.6 Å². The molecule has 4 rings (SSSR count). The Hall–Kier alpha value is -2.65. The van der Waals surface area contributed by atoms with Crippen molar-refractivity contribution in [3.05, 3.63) is 58.7 Å². The van der Waals surface area contributed by atoms with Crippen LogP contribution in [0.5, 0.6) is 0 Å². The van der Waals surface area contributed by atoms with E-state index in [9.17, 15) is 22.8 Å². The largest absolute Gasteiger partial charge is 0.417 e. The number of nitrogens with zero attached hydrogens (tertiary/aromatic N) is 3. The summed E-state index contributed by atoms with van der Waals surface area (Å²) in [6.07, 6.45) is -2.29. The molecule has 1 aromatic heterocycles. The fourth-order valence-electron chi connectivity index (χ4n) is 4.11. The van der Waals surface area contributed by atoms with E-state index in [-0.39, 0.29) is 35.8 Å². The Morgan fingerprint density at radius 2 is 1.81 bits per heavy atom. The Morgan fingerprint density at radius 1 is 1.12 bits per heavy atom. The topological polar surface area (TPSA) is 65.5 Å². The molecule has 0 saturated carbocycles. The number of hydrogen-bond donors (Lipinski definition) is 1. The van der Waals surface area contributed by atoms with Crippen molar-refractivity contribution in [2.24, 2.45) is 0 Å². The molecule has 0 spiro atoms. The summed E-state index contributed by atoms with van der Waals surface area (Å²) in [5.74, 6) is -0.109. The number of halogens is 4. The van der Waals surface area contributed by atoms with Gasteiger partial charge in [-0.2, -0.15) is 13.2 Å². The molecule has 170 valence electrons. The van der Waals surface area contributed by atoms with E-state index in [1.165, 1.54) is 4.90 Å². The Kier molecular flexibility index (Phi) is 6.39. The van der Waals surface area contributed by atoms with Gasteiger partial charge in [0, 0.05) is 25.3 Å². The van der Waals surface area contributed by atoms with Crippen molar-refractivity contribution in [1.29, 1.82) is 0 Å². The maximum Gasteiger partial charge on any atom is 0.417 e. The number of aromatic nitrogens is 1. The number of alkyl halides is 3.